The third-order valence-corrected chi connectivity index (χ3v) is 3.94. The maximum absolute atomic E-state index is 13.1. The molecule has 0 bridgehead atoms. The van der Waals surface area contributed by atoms with Crippen molar-refractivity contribution in [2.24, 2.45) is 0 Å². The van der Waals surface area contributed by atoms with Gasteiger partial charge in [-0.2, -0.15) is 0 Å². The van der Waals surface area contributed by atoms with E-state index in [9.17, 15) is 9.50 Å². The quantitative estimate of drug-likeness (QED) is 0.764. The van der Waals surface area contributed by atoms with Crippen LogP contribution in [-0.4, -0.2) is 10.1 Å². The lowest BCUT2D eigenvalue weighted by atomic mass is 10.1. The smallest absolute Gasteiger partial charge is 0.123 e. The van der Waals surface area contributed by atoms with Crippen molar-refractivity contribution in [2.45, 2.75) is 6.10 Å². The number of rotatable bonds is 2. The van der Waals surface area contributed by atoms with Crippen LogP contribution < -0.4 is 0 Å². The molecule has 0 fully saturated rings. The van der Waals surface area contributed by atoms with E-state index in [0.29, 0.717) is 0 Å². The maximum Gasteiger partial charge on any atom is 0.123 e. The molecule has 0 saturated carbocycles. The molecule has 0 aliphatic carbocycles. The number of benzene rings is 1. The first kappa shape index (κ1) is 11.3. The Bertz CT molecular complexity index is 681. The summed E-state index contributed by atoms with van der Waals surface area (Å²) in [6, 6.07) is 10.1. The van der Waals surface area contributed by atoms with Crippen LogP contribution in [0.2, 0.25) is 0 Å². The standard InChI is InChI=1S/C14H10FNOS/c15-11-3-4-12-10(6-11)7-13(18-12)14(17)9-2-1-5-16-8-9/h1-8,14,17H. The van der Waals surface area contributed by atoms with Gasteiger partial charge in [0.2, 0.25) is 0 Å². The highest BCUT2D eigenvalue weighted by Gasteiger charge is 2.13. The van der Waals surface area contributed by atoms with E-state index in [-0.39, 0.29) is 5.82 Å². The fourth-order valence-electron chi connectivity index (χ4n) is 1.87. The summed E-state index contributed by atoms with van der Waals surface area (Å²) in [4.78, 5) is 4.78. The normalized spacial score (nSPS) is 12.8. The van der Waals surface area contributed by atoms with Gasteiger partial charge < -0.3 is 5.11 Å². The van der Waals surface area contributed by atoms with Crippen LogP contribution in [0.4, 0.5) is 4.39 Å². The molecule has 0 saturated heterocycles. The Balaban J connectivity index is 2.04. The lowest BCUT2D eigenvalue weighted by Gasteiger charge is -2.07. The van der Waals surface area contributed by atoms with Crippen molar-refractivity contribution >= 4 is 21.4 Å². The second kappa shape index (κ2) is 4.48. The van der Waals surface area contributed by atoms with Crippen LogP contribution in [0, 0.1) is 5.82 Å². The molecular formula is C14H10FNOS. The Kier molecular flexibility index (Phi) is 2.81. The van der Waals surface area contributed by atoms with Gasteiger partial charge in [0, 0.05) is 27.5 Å². The summed E-state index contributed by atoms with van der Waals surface area (Å²) in [5.74, 6) is -0.261. The van der Waals surface area contributed by atoms with Gasteiger partial charge in [0.1, 0.15) is 11.9 Å². The minimum absolute atomic E-state index is 0.261. The molecule has 1 N–H and O–H groups in total. The van der Waals surface area contributed by atoms with Crippen LogP contribution in [0.25, 0.3) is 10.1 Å². The Morgan fingerprint density at radius 2 is 2.11 bits per heavy atom. The van der Waals surface area contributed by atoms with Crippen molar-refractivity contribution in [1.29, 1.82) is 0 Å². The number of hydrogen-bond donors (Lipinski definition) is 1. The predicted octanol–water partition coefficient (Wildman–Crippen LogP) is 3.52. The zero-order valence-electron chi connectivity index (χ0n) is 9.38. The highest BCUT2D eigenvalue weighted by atomic mass is 32.1. The molecule has 0 spiro atoms. The summed E-state index contributed by atoms with van der Waals surface area (Å²) in [5, 5.41) is 11.1. The highest BCUT2D eigenvalue weighted by Crippen LogP contribution is 2.33. The molecule has 0 radical (unpaired) electrons. The molecular weight excluding hydrogens is 249 g/mol. The minimum Gasteiger partial charge on any atom is -0.383 e. The van der Waals surface area contributed by atoms with Crippen molar-refractivity contribution in [2.75, 3.05) is 0 Å². The molecule has 4 heteroatoms. The molecule has 2 aromatic heterocycles. The van der Waals surface area contributed by atoms with Gasteiger partial charge in [-0.1, -0.05) is 6.07 Å². The second-order valence-electron chi connectivity index (χ2n) is 4.02. The molecule has 90 valence electrons. The third kappa shape index (κ3) is 2.00. The first-order chi connectivity index (χ1) is 8.74. The molecule has 3 rings (SSSR count). The van der Waals surface area contributed by atoms with E-state index in [1.807, 2.05) is 12.1 Å². The Hall–Kier alpha value is -1.78. The van der Waals surface area contributed by atoms with E-state index in [0.717, 1.165) is 20.5 Å². The number of aliphatic hydroxyl groups is 1. The molecule has 18 heavy (non-hydrogen) atoms. The topological polar surface area (TPSA) is 33.1 Å². The number of hydrogen-bond acceptors (Lipinski definition) is 3. The maximum atomic E-state index is 13.1. The minimum atomic E-state index is -0.709. The molecule has 3 aromatic rings. The molecule has 0 aliphatic heterocycles. The van der Waals surface area contributed by atoms with E-state index in [1.54, 1.807) is 24.5 Å². The van der Waals surface area contributed by atoms with Crippen molar-refractivity contribution < 1.29 is 9.50 Å². The Morgan fingerprint density at radius 3 is 2.89 bits per heavy atom. The van der Waals surface area contributed by atoms with Gasteiger partial charge in [0.25, 0.3) is 0 Å². The number of halogens is 1. The zero-order chi connectivity index (χ0) is 12.5. The SMILES string of the molecule is OC(c1cccnc1)c1cc2cc(F)ccc2s1. The van der Waals surface area contributed by atoms with Crippen molar-refractivity contribution in [3.05, 3.63) is 65.0 Å². The van der Waals surface area contributed by atoms with E-state index < -0.39 is 6.10 Å². The second-order valence-corrected chi connectivity index (χ2v) is 5.14. The number of aliphatic hydroxyl groups excluding tert-OH is 1. The van der Waals surface area contributed by atoms with E-state index in [4.69, 9.17) is 0 Å². The van der Waals surface area contributed by atoms with Crippen molar-refractivity contribution in [1.82, 2.24) is 4.98 Å². The predicted molar refractivity (Wildman–Crippen MR) is 70.1 cm³/mol. The average Bonchev–Trinajstić information content (AvgIpc) is 2.81. The molecule has 0 aliphatic rings. The lowest BCUT2D eigenvalue weighted by molar-refractivity contribution is 0.224. The number of fused-ring (bicyclic) bond motifs is 1. The number of nitrogens with zero attached hydrogens (tertiary/aromatic N) is 1. The van der Waals surface area contributed by atoms with Crippen LogP contribution in [0.3, 0.4) is 0 Å². The molecule has 1 aromatic carbocycles. The van der Waals surface area contributed by atoms with Gasteiger partial charge in [0.05, 0.1) is 0 Å². The highest BCUT2D eigenvalue weighted by molar-refractivity contribution is 7.19. The van der Waals surface area contributed by atoms with Crippen LogP contribution >= 0.6 is 11.3 Å². The molecule has 1 unspecified atom stereocenters. The third-order valence-electron chi connectivity index (χ3n) is 2.77. The van der Waals surface area contributed by atoms with Crippen molar-refractivity contribution in [3.63, 3.8) is 0 Å². The molecule has 2 nitrogen and oxygen atoms in total. The summed E-state index contributed by atoms with van der Waals surface area (Å²) in [5.41, 5.74) is 0.740. The number of pyridine rings is 1. The first-order valence-corrected chi connectivity index (χ1v) is 6.33. The van der Waals surface area contributed by atoms with E-state index >= 15 is 0 Å². The summed E-state index contributed by atoms with van der Waals surface area (Å²) in [6.45, 7) is 0. The Morgan fingerprint density at radius 1 is 1.22 bits per heavy atom. The summed E-state index contributed by atoms with van der Waals surface area (Å²) >= 11 is 1.46. The average molecular weight is 259 g/mol. The number of thiophene rings is 1. The Labute approximate surface area is 107 Å². The largest absolute Gasteiger partial charge is 0.383 e. The van der Waals surface area contributed by atoms with Gasteiger partial charge in [-0.15, -0.1) is 11.3 Å². The first-order valence-electron chi connectivity index (χ1n) is 5.51. The van der Waals surface area contributed by atoms with E-state index in [2.05, 4.69) is 4.98 Å². The number of aromatic nitrogens is 1. The lowest BCUT2D eigenvalue weighted by Crippen LogP contribution is -1.96. The zero-order valence-corrected chi connectivity index (χ0v) is 10.2. The molecule has 1 atom stereocenters. The molecule has 0 amide bonds. The monoisotopic (exact) mass is 259 g/mol. The van der Waals surface area contributed by atoms with Gasteiger partial charge in [-0.25, -0.2) is 4.39 Å². The fraction of sp³-hybridized carbons (Fsp3) is 0.0714. The van der Waals surface area contributed by atoms with Crippen LogP contribution in [0.1, 0.15) is 16.5 Å². The van der Waals surface area contributed by atoms with Crippen LogP contribution in [0.15, 0.2) is 48.8 Å². The summed E-state index contributed by atoms with van der Waals surface area (Å²) < 4.78 is 14.1. The van der Waals surface area contributed by atoms with Crippen molar-refractivity contribution in [3.8, 4) is 0 Å². The summed E-state index contributed by atoms with van der Waals surface area (Å²) in [6.07, 6.45) is 2.59. The molecule has 2 heterocycles. The van der Waals surface area contributed by atoms with E-state index in [1.165, 1.54) is 23.5 Å². The van der Waals surface area contributed by atoms with Gasteiger partial charge in [-0.05, 0) is 35.7 Å². The van der Waals surface area contributed by atoms with Gasteiger partial charge in [-0.3, -0.25) is 4.98 Å². The van der Waals surface area contributed by atoms with Gasteiger partial charge >= 0.3 is 0 Å². The fourth-order valence-corrected chi connectivity index (χ4v) is 2.93. The van der Waals surface area contributed by atoms with Gasteiger partial charge in [0.15, 0.2) is 0 Å². The van der Waals surface area contributed by atoms with Crippen LogP contribution in [-0.2, 0) is 0 Å². The van der Waals surface area contributed by atoms with Crippen LogP contribution in [0.5, 0.6) is 0 Å². The summed E-state index contributed by atoms with van der Waals surface area (Å²) in [7, 11) is 0.